The number of carbonyl (C=O) groups is 1. The molecule has 0 heterocycles. The van der Waals surface area contributed by atoms with Crippen molar-refractivity contribution in [2.75, 3.05) is 6.54 Å². The summed E-state index contributed by atoms with van der Waals surface area (Å²) in [6.07, 6.45) is 11.5. The fourth-order valence-electron chi connectivity index (χ4n) is 4.84. The van der Waals surface area contributed by atoms with Crippen LogP contribution in [0.2, 0.25) is 0 Å². The summed E-state index contributed by atoms with van der Waals surface area (Å²) >= 11 is 0. The third kappa shape index (κ3) is 3.42. The van der Waals surface area contributed by atoms with E-state index < -0.39 is 0 Å². The summed E-state index contributed by atoms with van der Waals surface area (Å²) in [5.74, 6) is 1.53. The summed E-state index contributed by atoms with van der Waals surface area (Å²) < 4.78 is 0. The molecule has 0 aromatic heterocycles. The third-order valence-electron chi connectivity index (χ3n) is 6.25. The standard InChI is InChI=1S/C17H31N3O/c18-15-12-5-4-6-13(15)10-14(9-12)16(21)20-11-17(19)7-2-1-3-8-17/h12-15H,1-11,18-19H2,(H,20,21). The second-order valence-corrected chi connectivity index (χ2v) is 7.84. The van der Waals surface area contributed by atoms with Gasteiger partial charge in [0.05, 0.1) is 0 Å². The van der Waals surface area contributed by atoms with E-state index in [0.717, 1.165) is 25.7 Å². The van der Waals surface area contributed by atoms with Crippen LogP contribution in [-0.4, -0.2) is 24.0 Å². The van der Waals surface area contributed by atoms with Gasteiger partial charge >= 0.3 is 0 Å². The van der Waals surface area contributed by atoms with Gasteiger partial charge in [-0.2, -0.15) is 0 Å². The van der Waals surface area contributed by atoms with Crippen molar-refractivity contribution >= 4 is 5.91 Å². The van der Waals surface area contributed by atoms with Gasteiger partial charge in [0.1, 0.15) is 0 Å². The number of carbonyl (C=O) groups excluding carboxylic acids is 1. The molecule has 0 aromatic rings. The Kier molecular flexibility index (Phi) is 4.55. The molecule has 3 aliphatic rings. The van der Waals surface area contributed by atoms with Crippen LogP contribution < -0.4 is 16.8 Å². The predicted molar refractivity (Wildman–Crippen MR) is 84.5 cm³/mol. The monoisotopic (exact) mass is 293 g/mol. The van der Waals surface area contributed by atoms with Gasteiger partial charge in [0.2, 0.25) is 5.91 Å². The number of hydrogen-bond acceptors (Lipinski definition) is 3. The van der Waals surface area contributed by atoms with Crippen LogP contribution in [0, 0.1) is 17.8 Å². The highest BCUT2D eigenvalue weighted by Crippen LogP contribution is 2.41. The topological polar surface area (TPSA) is 81.1 Å². The highest BCUT2D eigenvalue weighted by atomic mass is 16.1. The van der Waals surface area contributed by atoms with Crippen LogP contribution in [0.5, 0.6) is 0 Å². The summed E-state index contributed by atoms with van der Waals surface area (Å²) in [4.78, 5) is 12.5. The van der Waals surface area contributed by atoms with Crippen molar-refractivity contribution in [2.45, 2.75) is 75.8 Å². The Balaban J connectivity index is 1.51. The van der Waals surface area contributed by atoms with Gasteiger partial charge in [-0.3, -0.25) is 4.79 Å². The van der Waals surface area contributed by atoms with Crippen LogP contribution in [0.4, 0.5) is 0 Å². The Morgan fingerprint density at radius 3 is 2.29 bits per heavy atom. The summed E-state index contributed by atoms with van der Waals surface area (Å²) in [5.41, 5.74) is 12.6. The summed E-state index contributed by atoms with van der Waals surface area (Å²) in [7, 11) is 0. The van der Waals surface area contributed by atoms with Crippen molar-refractivity contribution < 1.29 is 4.79 Å². The van der Waals surface area contributed by atoms with E-state index in [-0.39, 0.29) is 17.4 Å². The summed E-state index contributed by atoms with van der Waals surface area (Å²) in [5, 5.41) is 3.16. The van der Waals surface area contributed by atoms with Crippen LogP contribution >= 0.6 is 0 Å². The molecule has 3 aliphatic carbocycles. The number of nitrogens with two attached hydrogens (primary N) is 2. The molecule has 2 bridgehead atoms. The van der Waals surface area contributed by atoms with Gasteiger partial charge in [0.25, 0.3) is 0 Å². The molecular weight excluding hydrogens is 262 g/mol. The predicted octanol–water partition coefficient (Wildman–Crippen LogP) is 1.92. The first-order valence-corrected chi connectivity index (χ1v) is 8.90. The quantitative estimate of drug-likeness (QED) is 0.743. The fraction of sp³-hybridized carbons (Fsp3) is 0.941. The summed E-state index contributed by atoms with van der Waals surface area (Å²) in [6.45, 7) is 0.656. The molecule has 3 rings (SSSR count). The number of rotatable bonds is 3. The molecule has 120 valence electrons. The molecule has 4 nitrogen and oxygen atoms in total. The van der Waals surface area contributed by atoms with Crippen LogP contribution in [0.25, 0.3) is 0 Å². The van der Waals surface area contributed by atoms with Crippen molar-refractivity contribution in [3.63, 3.8) is 0 Å². The van der Waals surface area contributed by atoms with Gasteiger partial charge in [-0.15, -0.1) is 0 Å². The van der Waals surface area contributed by atoms with E-state index in [2.05, 4.69) is 5.32 Å². The van der Waals surface area contributed by atoms with E-state index in [1.807, 2.05) is 0 Å². The lowest BCUT2D eigenvalue weighted by molar-refractivity contribution is -0.128. The van der Waals surface area contributed by atoms with E-state index in [1.54, 1.807) is 0 Å². The molecular formula is C17H31N3O. The smallest absolute Gasteiger partial charge is 0.223 e. The molecule has 0 radical (unpaired) electrons. The molecule has 0 aromatic carbocycles. The minimum Gasteiger partial charge on any atom is -0.354 e. The molecule has 0 spiro atoms. The van der Waals surface area contributed by atoms with Crippen molar-refractivity contribution in [3.05, 3.63) is 0 Å². The van der Waals surface area contributed by atoms with Crippen molar-refractivity contribution in [1.82, 2.24) is 5.32 Å². The average Bonchev–Trinajstić information content (AvgIpc) is 2.45. The van der Waals surface area contributed by atoms with E-state index in [4.69, 9.17) is 11.5 Å². The second kappa shape index (κ2) is 6.25. The lowest BCUT2D eigenvalue weighted by Crippen LogP contribution is -2.54. The van der Waals surface area contributed by atoms with Crippen molar-refractivity contribution in [3.8, 4) is 0 Å². The van der Waals surface area contributed by atoms with Gasteiger partial charge in [-0.25, -0.2) is 0 Å². The molecule has 1 amide bonds. The maximum atomic E-state index is 12.5. The molecule has 0 saturated heterocycles. The maximum Gasteiger partial charge on any atom is 0.223 e. The van der Waals surface area contributed by atoms with Crippen LogP contribution in [0.3, 0.4) is 0 Å². The van der Waals surface area contributed by atoms with Gasteiger partial charge in [0.15, 0.2) is 0 Å². The molecule has 3 saturated carbocycles. The number of hydrogen-bond donors (Lipinski definition) is 3. The molecule has 21 heavy (non-hydrogen) atoms. The highest BCUT2D eigenvalue weighted by Gasteiger charge is 2.40. The fourth-order valence-corrected chi connectivity index (χ4v) is 4.84. The number of amides is 1. The first-order chi connectivity index (χ1) is 10.1. The van der Waals surface area contributed by atoms with Crippen molar-refractivity contribution in [1.29, 1.82) is 0 Å². The van der Waals surface area contributed by atoms with Crippen LogP contribution in [0.1, 0.15) is 64.2 Å². The molecule has 2 atom stereocenters. The third-order valence-corrected chi connectivity index (χ3v) is 6.25. The summed E-state index contributed by atoms with van der Waals surface area (Å²) in [6, 6.07) is 0.335. The van der Waals surface area contributed by atoms with E-state index in [9.17, 15) is 4.79 Å². The highest BCUT2D eigenvalue weighted by molar-refractivity contribution is 5.79. The average molecular weight is 293 g/mol. The second-order valence-electron chi connectivity index (χ2n) is 7.84. The lowest BCUT2D eigenvalue weighted by Gasteiger charge is -2.43. The van der Waals surface area contributed by atoms with Gasteiger partial charge in [0, 0.05) is 24.0 Å². The number of fused-ring (bicyclic) bond motifs is 2. The largest absolute Gasteiger partial charge is 0.354 e. The zero-order valence-corrected chi connectivity index (χ0v) is 13.2. The Labute approximate surface area is 128 Å². The molecule has 0 aliphatic heterocycles. The first-order valence-electron chi connectivity index (χ1n) is 8.90. The SMILES string of the molecule is NC1C2CCCC1CC(C(=O)NCC1(N)CCCCC1)C2. The van der Waals surface area contributed by atoms with Crippen LogP contribution in [-0.2, 0) is 4.79 Å². The van der Waals surface area contributed by atoms with Gasteiger partial charge in [-0.1, -0.05) is 25.7 Å². The zero-order valence-electron chi connectivity index (χ0n) is 13.2. The van der Waals surface area contributed by atoms with Crippen molar-refractivity contribution in [2.24, 2.45) is 29.2 Å². The number of nitrogens with one attached hydrogen (secondary N) is 1. The lowest BCUT2D eigenvalue weighted by atomic mass is 9.65. The minimum absolute atomic E-state index is 0.158. The Morgan fingerprint density at radius 1 is 1.05 bits per heavy atom. The minimum atomic E-state index is -0.158. The first kappa shape index (κ1) is 15.3. The normalized spacial score (nSPS) is 38.8. The Morgan fingerprint density at radius 2 is 1.67 bits per heavy atom. The van der Waals surface area contributed by atoms with Crippen LogP contribution in [0.15, 0.2) is 0 Å². The molecule has 3 fully saturated rings. The Hall–Kier alpha value is -0.610. The maximum absolute atomic E-state index is 12.5. The van der Waals surface area contributed by atoms with Gasteiger partial charge in [-0.05, 0) is 50.4 Å². The van der Waals surface area contributed by atoms with E-state index in [1.165, 1.54) is 38.5 Å². The van der Waals surface area contributed by atoms with Gasteiger partial charge < -0.3 is 16.8 Å². The Bertz CT molecular complexity index is 364. The molecule has 4 heteroatoms. The molecule has 2 unspecified atom stereocenters. The van der Waals surface area contributed by atoms with E-state index >= 15 is 0 Å². The molecule has 5 N–H and O–H groups in total. The van der Waals surface area contributed by atoms with E-state index in [0.29, 0.717) is 24.4 Å². The zero-order chi connectivity index (χ0) is 14.9.